The highest BCUT2D eigenvalue weighted by atomic mass is 32.2. The summed E-state index contributed by atoms with van der Waals surface area (Å²) in [7, 11) is -0.895. The van der Waals surface area contributed by atoms with Gasteiger partial charge in [-0.2, -0.15) is 13.2 Å². The lowest BCUT2D eigenvalue weighted by atomic mass is 10.3. The maximum absolute atomic E-state index is 12.1. The third-order valence-corrected chi connectivity index (χ3v) is 3.84. The van der Waals surface area contributed by atoms with Crippen LogP contribution in [0.25, 0.3) is 0 Å². The van der Waals surface area contributed by atoms with E-state index in [2.05, 4.69) is 10.6 Å². The number of carbonyl (C=O) groups excluding carboxylic acids is 1. The first-order valence-electron chi connectivity index (χ1n) is 5.97. The molecule has 0 heterocycles. The molecule has 1 rings (SSSR count). The van der Waals surface area contributed by atoms with E-state index in [1.54, 1.807) is 6.26 Å². The second-order valence-electron chi connectivity index (χ2n) is 4.08. The zero-order valence-electron chi connectivity index (χ0n) is 11.2. The maximum Gasteiger partial charge on any atom is 0.446 e. The second kappa shape index (κ2) is 8.28. The number of nitrogens with one attached hydrogen (secondary N) is 2. The smallest absolute Gasteiger partial charge is 0.338 e. The third kappa shape index (κ3) is 8.61. The SMILES string of the molecule is C[S@](=O)CCCNC(=O)Nc1ccc(SC(F)(F)F)cc1. The molecule has 1 aromatic carbocycles. The normalized spacial score (nSPS) is 12.8. The quantitative estimate of drug-likeness (QED) is 0.618. The van der Waals surface area contributed by atoms with Gasteiger partial charge >= 0.3 is 11.5 Å². The Balaban J connectivity index is 2.37. The number of carbonyl (C=O) groups is 1. The molecule has 9 heteroatoms. The molecule has 21 heavy (non-hydrogen) atoms. The standard InChI is InChI=1S/C12H15F3N2O2S2/c1-21(19)8-2-7-16-11(18)17-9-3-5-10(6-4-9)20-12(13,14)15/h3-6H,2,7-8H2,1H3,(H2,16,17,18)/t21-/m0/s1. The molecule has 0 aromatic heterocycles. The first kappa shape index (κ1) is 17.8. The maximum atomic E-state index is 12.1. The molecule has 0 aliphatic carbocycles. The van der Waals surface area contributed by atoms with E-state index < -0.39 is 22.3 Å². The molecule has 0 unspecified atom stereocenters. The molecule has 118 valence electrons. The zero-order chi connectivity index (χ0) is 15.9. The van der Waals surface area contributed by atoms with Crippen molar-refractivity contribution in [1.29, 1.82) is 0 Å². The monoisotopic (exact) mass is 340 g/mol. The van der Waals surface area contributed by atoms with E-state index in [1.807, 2.05) is 0 Å². The van der Waals surface area contributed by atoms with Gasteiger partial charge in [0.25, 0.3) is 0 Å². The van der Waals surface area contributed by atoms with Crippen LogP contribution in [0.3, 0.4) is 0 Å². The fourth-order valence-corrected chi connectivity index (χ4v) is 2.48. The summed E-state index contributed by atoms with van der Waals surface area (Å²) in [4.78, 5) is 11.5. The van der Waals surface area contributed by atoms with Gasteiger partial charge in [-0.25, -0.2) is 4.79 Å². The largest absolute Gasteiger partial charge is 0.446 e. The Morgan fingerprint density at radius 1 is 1.29 bits per heavy atom. The van der Waals surface area contributed by atoms with Crippen LogP contribution in [0.1, 0.15) is 6.42 Å². The van der Waals surface area contributed by atoms with Gasteiger partial charge in [0.15, 0.2) is 0 Å². The summed E-state index contributed by atoms with van der Waals surface area (Å²) in [6.45, 7) is 0.382. The van der Waals surface area contributed by atoms with Crippen molar-refractivity contribution in [3.05, 3.63) is 24.3 Å². The predicted octanol–water partition coefficient (Wildman–Crippen LogP) is 3.19. The Morgan fingerprint density at radius 2 is 1.90 bits per heavy atom. The lowest BCUT2D eigenvalue weighted by molar-refractivity contribution is -0.0328. The highest BCUT2D eigenvalue weighted by Gasteiger charge is 2.28. The molecule has 0 radical (unpaired) electrons. The third-order valence-electron chi connectivity index (χ3n) is 2.24. The lowest BCUT2D eigenvalue weighted by Gasteiger charge is -2.09. The minimum absolute atomic E-state index is 0.0545. The first-order chi connectivity index (χ1) is 9.76. The van der Waals surface area contributed by atoms with Crippen LogP contribution in [-0.4, -0.2) is 34.3 Å². The van der Waals surface area contributed by atoms with Gasteiger partial charge in [0, 0.05) is 39.9 Å². The number of rotatable bonds is 6. The van der Waals surface area contributed by atoms with E-state index in [4.69, 9.17) is 0 Å². The summed E-state index contributed by atoms with van der Waals surface area (Å²) in [6.07, 6.45) is 2.18. The summed E-state index contributed by atoms with van der Waals surface area (Å²) in [6, 6.07) is 4.92. The van der Waals surface area contributed by atoms with Crippen molar-refractivity contribution >= 4 is 34.3 Å². The number of urea groups is 1. The van der Waals surface area contributed by atoms with E-state index in [-0.39, 0.29) is 16.7 Å². The molecule has 0 saturated heterocycles. The number of hydrogen-bond acceptors (Lipinski definition) is 3. The van der Waals surface area contributed by atoms with E-state index in [0.717, 1.165) is 0 Å². The van der Waals surface area contributed by atoms with Gasteiger partial charge in [0.2, 0.25) is 0 Å². The molecule has 0 fully saturated rings. The van der Waals surface area contributed by atoms with Gasteiger partial charge in [0.05, 0.1) is 0 Å². The molecular formula is C12H15F3N2O2S2. The number of alkyl halides is 3. The number of amides is 2. The molecule has 1 aromatic rings. The van der Waals surface area contributed by atoms with Gasteiger partial charge in [-0.1, -0.05) is 0 Å². The molecule has 0 bridgehead atoms. The summed E-state index contributed by atoms with van der Waals surface area (Å²) < 4.78 is 47.2. The van der Waals surface area contributed by atoms with Crippen LogP contribution < -0.4 is 10.6 Å². The summed E-state index contributed by atoms with van der Waals surface area (Å²) in [5.41, 5.74) is -3.93. The molecule has 0 aliphatic rings. The molecule has 4 nitrogen and oxygen atoms in total. The summed E-state index contributed by atoms with van der Waals surface area (Å²) >= 11 is -0.209. The van der Waals surface area contributed by atoms with Gasteiger partial charge in [-0.05, 0) is 42.4 Å². The number of hydrogen-bond donors (Lipinski definition) is 2. The van der Waals surface area contributed by atoms with Crippen LogP contribution in [-0.2, 0) is 10.8 Å². The van der Waals surface area contributed by atoms with E-state index in [1.165, 1.54) is 24.3 Å². The van der Waals surface area contributed by atoms with E-state index in [9.17, 15) is 22.2 Å². The van der Waals surface area contributed by atoms with Gasteiger partial charge in [0.1, 0.15) is 0 Å². The predicted molar refractivity (Wildman–Crippen MR) is 78.9 cm³/mol. The van der Waals surface area contributed by atoms with Crippen molar-refractivity contribution in [3.63, 3.8) is 0 Å². The van der Waals surface area contributed by atoms with Crippen molar-refractivity contribution in [2.45, 2.75) is 16.8 Å². The highest BCUT2D eigenvalue weighted by molar-refractivity contribution is 8.00. The van der Waals surface area contributed by atoms with E-state index in [0.29, 0.717) is 24.4 Å². The number of benzene rings is 1. The van der Waals surface area contributed by atoms with Crippen LogP contribution in [0, 0.1) is 0 Å². The van der Waals surface area contributed by atoms with Crippen molar-refractivity contribution in [3.8, 4) is 0 Å². The summed E-state index contributed by atoms with van der Waals surface area (Å²) in [5.74, 6) is 0.504. The highest BCUT2D eigenvalue weighted by Crippen LogP contribution is 2.36. The molecule has 2 amide bonds. The fraction of sp³-hybridized carbons (Fsp3) is 0.417. The Bertz CT molecular complexity index is 492. The first-order valence-corrected chi connectivity index (χ1v) is 8.51. The van der Waals surface area contributed by atoms with E-state index >= 15 is 0 Å². The number of halogens is 3. The van der Waals surface area contributed by atoms with Gasteiger partial charge < -0.3 is 10.6 Å². The van der Waals surface area contributed by atoms with Gasteiger partial charge in [-0.3, -0.25) is 4.21 Å². The Kier molecular flexibility index (Phi) is 7.03. The van der Waals surface area contributed by atoms with Crippen molar-refractivity contribution in [2.24, 2.45) is 0 Å². The topological polar surface area (TPSA) is 58.2 Å². The molecular weight excluding hydrogens is 325 g/mol. The van der Waals surface area contributed by atoms with Crippen LogP contribution in [0.2, 0.25) is 0 Å². The number of anilines is 1. The molecule has 0 saturated carbocycles. The van der Waals surface area contributed by atoms with Crippen LogP contribution in [0.15, 0.2) is 29.2 Å². The Morgan fingerprint density at radius 3 is 2.43 bits per heavy atom. The van der Waals surface area contributed by atoms with Crippen LogP contribution >= 0.6 is 11.8 Å². The molecule has 2 N–H and O–H groups in total. The fourth-order valence-electron chi connectivity index (χ4n) is 1.39. The Labute approximate surface area is 127 Å². The summed E-state index contributed by atoms with van der Waals surface area (Å²) in [5, 5.41) is 5.07. The average Bonchev–Trinajstić information content (AvgIpc) is 2.35. The minimum atomic E-state index is -4.33. The minimum Gasteiger partial charge on any atom is -0.338 e. The van der Waals surface area contributed by atoms with Crippen LogP contribution in [0.5, 0.6) is 0 Å². The molecule has 0 spiro atoms. The lowest BCUT2D eigenvalue weighted by Crippen LogP contribution is -2.30. The van der Waals surface area contributed by atoms with Crippen molar-refractivity contribution in [2.75, 3.05) is 23.9 Å². The van der Waals surface area contributed by atoms with Crippen LogP contribution in [0.4, 0.5) is 23.7 Å². The van der Waals surface area contributed by atoms with Crippen molar-refractivity contribution in [1.82, 2.24) is 5.32 Å². The molecule has 1 atom stereocenters. The average molecular weight is 340 g/mol. The number of thioether (sulfide) groups is 1. The zero-order valence-corrected chi connectivity index (χ0v) is 12.8. The molecule has 0 aliphatic heterocycles. The Hall–Kier alpha value is -1.22. The second-order valence-corrected chi connectivity index (χ2v) is 6.78. The van der Waals surface area contributed by atoms with Gasteiger partial charge in [-0.15, -0.1) is 0 Å². The van der Waals surface area contributed by atoms with Crippen molar-refractivity contribution < 1.29 is 22.2 Å².